The van der Waals surface area contributed by atoms with Gasteiger partial charge in [-0.2, -0.15) is 0 Å². The van der Waals surface area contributed by atoms with Crippen LogP contribution in [0.15, 0.2) is 52.1 Å². The van der Waals surface area contributed by atoms with Gasteiger partial charge in [-0.25, -0.2) is 13.8 Å². The fraction of sp³-hybridized carbons (Fsp3) is 0.318. The zero-order valence-electron chi connectivity index (χ0n) is 16.5. The number of nitrogens with zero attached hydrogens (tertiary/aromatic N) is 2. The first kappa shape index (κ1) is 20.0. The first-order valence-corrected chi connectivity index (χ1v) is 10.1. The number of carbonyl (C=O) groups is 1. The summed E-state index contributed by atoms with van der Waals surface area (Å²) in [4.78, 5) is 42.7. The molecule has 3 aromatic rings. The van der Waals surface area contributed by atoms with Gasteiger partial charge in [0.25, 0.3) is 11.5 Å². The molecule has 1 saturated heterocycles. The molecule has 0 spiro atoms. The SMILES string of the molecule is O=C(NCCN1CCCCC1)c1ccc2c(=O)n(-c3cccc(F)c3)c(=O)[nH]c2c1. The van der Waals surface area contributed by atoms with Gasteiger partial charge in [0.2, 0.25) is 0 Å². The highest BCUT2D eigenvalue weighted by Crippen LogP contribution is 2.12. The number of likely N-dealkylation sites (tertiary alicyclic amines) is 1. The molecule has 1 fully saturated rings. The third kappa shape index (κ3) is 4.18. The predicted molar refractivity (Wildman–Crippen MR) is 113 cm³/mol. The number of nitrogens with one attached hydrogen (secondary N) is 2. The Labute approximate surface area is 172 Å². The number of carbonyl (C=O) groups excluding carboxylic acids is 1. The molecule has 1 aliphatic rings. The Balaban J connectivity index is 1.55. The summed E-state index contributed by atoms with van der Waals surface area (Å²) < 4.78 is 14.4. The van der Waals surface area contributed by atoms with Gasteiger partial charge in [0.15, 0.2) is 0 Å². The smallest absolute Gasteiger partial charge is 0.333 e. The molecule has 0 atom stereocenters. The maximum absolute atomic E-state index is 13.5. The van der Waals surface area contributed by atoms with Gasteiger partial charge in [-0.3, -0.25) is 9.59 Å². The van der Waals surface area contributed by atoms with Crippen LogP contribution in [0.2, 0.25) is 0 Å². The van der Waals surface area contributed by atoms with Crippen molar-refractivity contribution in [1.29, 1.82) is 0 Å². The van der Waals surface area contributed by atoms with E-state index >= 15 is 0 Å². The molecule has 0 unspecified atom stereocenters. The quantitative estimate of drug-likeness (QED) is 0.674. The zero-order chi connectivity index (χ0) is 21.1. The standard InChI is InChI=1S/C22H23FN4O3/c23-16-5-4-6-17(14-16)27-21(29)18-8-7-15(13-19(18)25-22(27)30)20(28)24-9-12-26-10-2-1-3-11-26/h4-8,13-14H,1-3,9-12H2,(H,24,28)(H,25,30). The van der Waals surface area contributed by atoms with Crippen molar-refractivity contribution in [1.82, 2.24) is 19.8 Å². The van der Waals surface area contributed by atoms with E-state index in [9.17, 15) is 18.8 Å². The van der Waals surface area contributed by atoms with E-state index in [0.29, 0.717) is 12.1 Å². The Hall–Kier alpha value is -3.26. The van der Waals surface area contributed by atoms with Gasteiger partial charge in [-0.15, -0.1) is 0 Å². The molecule has 0 radical (unpaired) electrons. The number of piperidine rings is 1. The van der Waals surface area contributed by atoms with Crippen molar-refractivity contribution in [2.45, 2.75) is 19.3 Å². The van der Waals surface area contributed by atoms with Crippen LogP contribution in [-0.4, -0.2) is 46.5 Å². The van der Waals surface area contributed by atoms with E-state index in [-0.39, 0.29) is 22.5 Å². The summed E-state index contributed by atoms with van der Waals surface area (Å²) in [5.41, 5.74) is -0.499. The summed E-state index contributed by atoms with van der Waals surface area (Å²) in [6, 6.07) is 9.81. The largest absolute Gasteiger partial charge is 0.351 e. The molecule has 4 rings (SSSR count). The first-order chi connectivity index (χ1) is 14.5. The van der Waals surface area contributed by atoms with Gasteiger partial charge in [0, 0.05) is 18.7 Å². The second kappa shape index (κ2) is 8.62. The molecule has 0 saturated carbocycles. The van der Waals surface area contributed by atoms with E-state index in [2.05, 4.69) is 15.2 Å². The Morgan fingerprint density at radius 3 is 2.63 bits per heavy atom. The lowest BCUT2D eigenvalue weighted by molar-refractivity contribution is 0.0946. The maximum Gasteiger partial charge on any atom is 0.333 e. The zero-order valence-corrected chi connectivity index (χ0v) is 16.5. The minimum absolute atomic E-state index is 0.141. The van der Waals surface area contributed by atoms with Crippen molar-refractivity contribution in [2.24, 2.45) is 0 Å². The molecule has 156 valence electrons. The fourth-order valence-corrected chi connectivity index (χ4v) is 3.82. The van der Waals surface area contributed by atoms with Crippen LogP contribution < -0.4 is 16.6 Å². The summed E-state index contributed by atoms with van der Waals surface area (Å²) in [5, 5.41) is 3.13. The number of amides is 1. The number of rotatable bonds is 5. The number of fused-ring (bicyclic) bond motifs is 1. The van der Waals surface area contributed by atoms with Crippen molar-refractivity contribution < 1.29 is 9.18 Å². The van der Waals surface area contributed by atoms with Crippen molar-refractivity contribution >= 4 is 16.8 Å². The normalized spacial score (nSPS) is 14.7. The van der Waals surface area contributed by atoms with Gasteiger partial charge < -0.3 is 15.2 Å². The Bertz CT molecular complexity index is 1190. The number of benzene rings is 2. The summed E-state index contributed by atoms with van der Waals surface area (Å²) in [6.07, 6.45) is 3.65. The lowest BCUT2D eigenvalue weighted by atomic mass is 10.1. The number of aromatic nitrogens is 2. The van der Waals surface area contributed by atoms with E-state index in [1.165, 1.54) is 49.6 Å². The van der Waals surface area contributed by atoms with Crippen LogP contribution in [0.4, 0.5) is 4.39 Å². The van der Waals surface area contributed by atoms with Gasteiger partial charge in [0.05, 0.1) is 16.6 Å². The van der Waals surface area contributed by atoms with E-state index in [0.717, 1.165) is 30.3 Å². The molecular formula is C22H23FN4O3. The maximum atomic E-state index is 13.5. The molecule has 1 aromatic heterocycles. The van der Waals surface area contributed by atoms with Crippen LogP contribution in [0.3, 0.4) is 0 Å². The van der Waals surface area contributed by atoms with Gasteiger partial charge >= 0.3 is 5.69 Å². The fourth-order valence-electron chi connectivity index (χ4n) is 3.82. The summed E-state index contributed by atoms with van der Waals surface area (Å²) in [5.74, 6) is -0.806. The van der Waals surface area contributed by atoms with E-state index < -0.39 is 17.1 Å². The summed E-state index contributed by atoms with van der Waals surface area (Å²) in [7, 11) is 0. The predicted octanol–water partition coefficient (Wildman–Crippen LogP) is 2.03. The van der Waals surface area contributed by atoms with Gasteiger partial charge in [-0.1, -0.05) is 12.5 Å². The lowest BCUT2D eigenvalue weighted by Gasteiger charge is -2.26. The second-order valence-corrected chi connectivity index (χ2v) is 7.47. The molecule has 0 bridgehead atoms. The topological polar surface area (TPSA) is 87.2 Å². The second-order valence-electron chi connectivity index (χ2n) is 7.47. The number of halogens is 1. The summed E-state index contributed by atoms with van der Waals surface area (Å²) >= 11 is 0. The van der Waals surface area contributed by atoms with Crippen molar-refractivity contribution in [3.8, 4) is 5.69 Å². The summed E-state index contributed by atoms with van der Waals surface area (Å²) in [6.45, 7) is 3.46. The Morgan fingerprint density at radius 2 is 1.87 bits per heavy atom. The van der Waals surface area contributed by atoms with E-state index in [4.69, 9.17) is 0 Å². The van der Waals surface area contributed by atoms with E-state index in [1.807, 2.05) is 0 Å². The lowest BCUT2D eigenvalue weighted by Crippen LogP contribution is -2.37. The minimum atomic E-state index is -0.694. The molecule has 2 aromatic carbocycles. The molecule has 0 aliphatic carbocycles. The number of hydrogen-bond donors (Lipinski definition) is 2. The molecule has 30 heavy (non-hydrogen) atoms. The third-order valence-electron chi connectivity index (χ3n) is 5.39. The molecular weight excluding hydrogens is 387 g/mol. The highest BCUT2D eigenvalue weighted by Gasteiger charge is 2.14. The van der Waals surface area contributed by atoms with Crippen LogP contribution in [0.25, 0.3) is 16.6 Å². The highest BCUT2D eigenvalue weighted by atomic mass is 19.1. The Kier molecular flexibility index (Phi) is 5.76. The molecule has 1 amide bonds. The number of H-pyrrole nitrogens is 1. The molecule has 1 aliphatic heterocycles. The average molecular weight is 410 g/mol. The number of aromatic amines is 1. The molecule has 7 nitrogen and oxygen atoms in total. The van der Waals surface area contributed by atoms with Gasteiger partial charge in [-0.05, 0) is 62.3 Å². The van der Waals surface area contributed by atoms with Crippen molar-refractivity contribution in [3.05, 3.63) is 74.7 Å². The first-order valence-electron chi connectivity index (χ1n) is 10.1. The third-order valence-corrected chi connectivity index (χ3v) is 5.39. The van der Waals surface area contributed by atoms with Crippen molar-refractivity contribution in [3.63, 3.8) is 0 Å². The minimum Gasteiger partial charge on any atom is -0.351 e. The van der Waals surface area contributed by atoms with Crippen molar-refractivity contribution in [2.75, 3.05) is 26.2 Å². The van der Waals surface area contributed by atoms with Gasteiger partial charge in [0.1, 0.15) is 5.82 Å². The average Bonchev–Trinajstić information content (AvgIpc) is 2.74. The molecule has 8 heteroatoms. The van der Waals surface area contributed by atoms with Crippen LogP contribution in [0.1, 0.15) is 29.6 Å². The Morgan fingerprint density at radius 1 is 1.07 bits per heavy atom. The van der Waals surface area contributed by atoms with Crippen LogP contribution in [-0.2, 0) is 0 Å². The number of hydrogen-bond acceptors (Lipinski definition) is 4. The van der Waals surface area contributed by atoms with Crippen LogP contribution in [0.5, 0.6) is 0 Å². The highest BCUT2D eigenvalue weighted by molar-refractivity contribution is 5.97. The molecule has 2 N–H and O–H groups in total. The van der Waals surface area contributed by atoms with Crippen LogP contribution in [0, 0.1) is 5.82 Å². The van der Waals surface area contributed by atoms with E-state index in [1.54, 1.807) is 6.07 Å². The monoisotopic (exact) mass is 410 g/mol. The molecule has 2 heterocycles. The van der Waals surface area contributed by atoms with Crippen LogP contribution >= 0.6 is 0 Å².